The highest BCUT2D eigenvalue weighted by Crippen LogP contribution is 2.33. The zero-order valence-electron chi connectivity index (χ0n) is 11.3. The summed E-state index contributed by atoms with van der Waals surface area (Å²) in [5.41, 5.74) is 1.88. The quantitative estimate of drug-likeness (QED) is 0.861. The first-order valence-electron chi connectivity index (χ1n) is 6.86. The highest BCUT2D eigenvalue weighted by atomic mass is 79.9. The maximum Gasteiger partial charge on any atom is 0.254 e. The zero-order valence-corrected chi connectivity index (χ0v) is 12.9. The van der Waals surface area contributed by atoms with E-state index >= 15 is 0 Å². The van der Waals surface area contributed by atoms with Crippen LogP contribution in [0.1, 0.15) is 22.8 Å². The number of hydrogen-bond donors (Lipinski definition) is 1. The molecule has 3 rings (SSSR count). The SMILES string of the molecule is Cc1cc(Br)ccc1C(=O)N1CC2CNCC2C1C. The van der Waals surface area contributed by atoms with Crippen molar-refractivity contribution in [1.82, 2.24) is 10.2 Å². The number of aryl methyl sites for hydroxylation is 1. The lowest BCUT2D eigenvalue weighted by Gasteiger charge is -2.25. The first-order valence-corrected chi connectivity index (χ1v) is 7.65. The number of nitrogens with one attached hydrogen (secondary N) is 1. The van der Waals surface area contributed by atoms with Crippen LogP contribution >= 0.6 is 15.9 Å². The van der Waals surface area contributed by atoms with E-state index in [2.05, 4.69) is 33.1 Å². The van der Waals surface area contributed by atoms with E-state index in [9.17, 15) is 4.79 Å². The van der Waals surface area contributed by atoms with Crippen molar-refractivity contribution < 1.29 is 4.79 Å². The smallest absolute Gasteiger partial charge is 0.254 e. The van der Waals surface area contributed by atoms with E-state index < -0.39 is 0 Å². The van der Waals surface area contributed by atoms with E-state index in [1.165, 1.54) is 0 Å². The highest BCUT2D eigenvalue weighted by Gasteiger charge is 2.43. The minimum atomic E-state index is 0.187. The number of nitrogens with zero attached hydrogens (tertiary/aromatic N) is 1. The number of amides is 1. The topological polar surface area (TPSA) is 32.3 Å². The standard InChI is InChI=1S/C15H19BrN2O/c1-9-5-12(16)3-4-13(9)15(19)18-8-11-6-17-7-14(11)10(18)2/h3-5,10-11,14,17H,6-8H2,1-2H3. The molecule has 1 aromatic carbocycles. The molecule has 0 spiro atoms. The molecule has 1 N–H and O–H groups in total. The molecule has 19 heavy (non-hydrogen) atoms. The van der Waals surface area contributed by atoms with Crippen molar-refractivity contribution in [2.24, 2.45) is 11.8 Å². The van der Waals surface area contributed by atoms with Gasteiger partial charge in [0.1, 0.15) is 0 Å². The lowest BCUT2D eigenvalue weighted by atomic mass is 9.95. The number of carbonyl (C=O) groups excluding carboxylic acids is 1. The zero-order chi connectivity index (χ0) is 13.6. The molecule has 102 valence electrons. The molecule has 2 heterocycles. The number of benzene rings is 1. The number of rotatable bonds is 1. The Balaban J connectivity index is 1.84. The van der Waals surface area contributed by atoms with E-state index in [0.717, 1.165) is 35.2 Å². The third-order valence-corrected chi connectivity index (χ3v) is 5.11. The molecular formula is C15H19BrN2O. The van der Waals surface area contributed by atoms with Crippen LogP contribution in [0.25, 0.3) is 0 Å². The van der Waals surface area contributed by atoms with Gasteiger partial charge in [-0.3, -0.25) is 4.79 Å². The maximum absolute atomic E-state index is 12.7. The first kappa shape index (κ1) is 13.1. The predicted molar refractivity (Wildman–Crippen MR) is 79.2 cm³/mol. The van der Waals surface area contributed by atoms with Gasteiger partial charge in [0.25, 0.3) is 5.91 Å². The second-order valence-corrected chi connectivity index (χ2v) is 6.66. The summed E-state index contributed by atoms with van der Waals surface area (Å²) in [7, 11) is 0. The molecular weight excluding hydrogens is 304 g/mol. The average molecular weight is 323 g/mol. The van der Waals surface area contributed by atoms with Crippen LogP contribution in [0.2, 0.25) is 0 Å². The first-order chi connectivity index (χ1) is 9.08. The Labute approximate surface area is 122 Å². The molecule has 4 heteroatoms. The Kier molecular flexibility index (Phi) is 3.39. The fourth-order valence-corrected chi connectivity index (χ4v) is 3.93. The van der Waals surface area contributed by atoms with Gasteiger partial charge >= 0.3 is 0 Å². The molecule has 2 aliphatic heterocycles. The van der Waals surface area contributed by atoms with Crippen molar-refractivity contribution in [3.63, 3.8) is 0 Å². The molecule has 2 saturated heterocycles. The van der Waals surface area contributed by atoms with Crippen molar-refractivity contribution in [2.75, 3.05) is 19.6 Å². The second kappa shape index (κ2) is 4.91. The van der Waals surface area contributed by atoms with Crippen molar-refractivity contribution in [2.45, 2.75) is 19.9 Å². The van der Waals surface area contributed by atoms with Crippen LogP contribution in [0.3, 0.4) is 0 Å². The minimum Gasteiger partial charge on any atom is -0.335 e. The monoisotopic (exact) mass is 322 g/mol. The van der Waals surface area contributed by atoms with Crippen LogP contribution in [0.4, 0.5) is 0 Å². The van der Waals surface area contributed by atoms with Gasteiger partial charge in [-0.05, 0) is 49.4 Å². The van der Waals surface area contributed by atoms with Crippen LogP contribution in [0.15, 0.2) is 22.7 Å². The van der Waals surface area contributed by atoms with E-state index in [4.69, 9.17) is 0 Å². The van der Waals surface area contributed by atoms with Crippen molar-refractivity contribution in [3.8, 4) is 0 Å². The molecule has 0 saturated carbocycles. The predicted octanol–water partition coefficient (Wildman–Crippen LogP) is 2.44. The van der Waals surface area contributed by atoms with Crippen LogP contribution in [-0.4, -0.2) is 36.5 Å². The normalized spacial score (nSPS) is 29.6. The van der Waals surface area contributed by atoms with Gasteiger partial charge in [-0.25, -0.2) is 0 Å². The van der Waals surface area contributed by atoms with Gasteiger partial charge < -0.3 is 10.2 Å². The highest BCUT2D eigenvalue weighted by molar-refractivity contribution is 9.10. The van der Waals surface area contributed by atoms with Crippen molar-refractivity contribution in [3.05, 3.63) is 33.8 Å². The molecule has 3 atom stereocenters. The van der Waals surface area contributed by atoms with Crippen LogP contribution in [0.5, 0.6) is 0 Å². The summed E-state index contributed by atoms with van der Waals surface area (Å²) < 4.78 is 1.03. The Morgan fingerprint density at radius 3 is 2.89 bits per heavy atom. The molecule has 2 aliphatic rings. The third kappa shape index (κ3) is 2.21. The molecule has 1 amide bonds. The molecule has 0 bridgehead atoms. The van der Waals surface area contributed by atoms with Gasteiger partial charge in [0, 0.05) is 35.7 Å². The molecule has 3 unspecified atom stereocenters. The number of likely N-dealkylation sites (tertiary alicyclic amines) is 1. The van der Waals surface area contributed by atoms with Gasteiger partial charge in [0.05, 0.1) is 0 Å². The Hall–Kier alpha value is -0.870. The summed E-state index contributed by atoms with van der Waals surface area (Å²) in [4.78, 5) is 14.8. The van der Waals surface area contributed by atoms with E-state index in [-0.39, 0.29) is 5.91 Å². The van der Waals surface area contributed by atoms with Gasteiger partial charge in [-0.15, -0.1) is 0 Å². The van der Waals surface area contributed by atoms with Crippen LogP contribution < -0.4 is 5.32 Å². The maximum atomic E-state index is 12.7. The minimum absolute atomic E-state index is 0.187. The van der Waals surface area contributed by atoms with Gasteiger partial charge in [0.2, 0.25) is 0 Å². The van der Waals surface area contributed by atoms with Gasteiger partial charge in [0.15, 0.2) is 0 Å². The number of fused-ring (bicyclic) bond motifs is 1. The fraction of sp³-hybridized carbons (Fsp3) is 0.533. The summed E-state index contributed by atoms with van der Waals surface area (Å²) in [6.07, 6.45) is 0. The molecule has 0 radical (unpaired) electrons. The van der Waals surface area contributed by atoms with E-state index in [1.54, 1.807) is 0 Å². The molecule has 1 aromatic rings. The number of carbonyl (C=O) groups is 1. The average Bonchev–Trinajstić information content (AvgIpc) is 2.92. The molecule has 3 nitrogen and oxygen atoms in total. The van der Waals surface area contributed by atoms with Crippen molar-refractivity contribution in [1.29, 1.82) is 0 Å². The number of halogens is 1. The lowest BCUT2D eigenvalue weighted by molar-refractivity contribution is 0.0728. The summed E-state index contributed by atoms with van der Waals surface area (Å²) in [6.45, 7) is 7.19. The Morgan fingerprint density at radius 1 is 1.42 bits per heavy atom. The Morgan fingerprint density at radius 2 is 2.21 bits per heavy atom. The second-order valence-electron chi connectivity index (χ2n) is 5.74. The fourth-order valence-electron chi connectivity index (χ4n) is 3.46. The summed E-state index contributed by atoms with van der Waals surface area (Å²) >= 11 is 3.45. The molecule has 2 fully saturated rings. The summed E-state index contributed by atoms with van der Waals surface area (Å²) in [5, 5.41) is 3.43. The van der Waals surface area contributed by atoms with E-state index in [1.807, 2.05) is 25.1 Å². The number of hydrogen-bond acceptors (Lipinski definition) is 2. The molecule has 0 aliphatic carbocycles. The largest absolute Gasteiger partial charge is 0.335 e. The summed E-state index contributed by atoms with van der Waals surface area (Å²) in [6, 6.07) is 6.23. The Bertz CT molecular complexity index is 517. The van der Waals surface area contributed by atoms with Crippen molar-refractivity contribution >= 4 is 21.8 Å². The van der Waals surface area contributed by atoms with Crippen LogP contribution in [0, 0.1) is 18.8 Å². The lowest BCUT2D eigenvalue weighted by Crippen LogP contribution is -2.38. The third-order valence-electron chi connectivity index (χ3n) is 4.61. The van der Waals surface area contributed by atoms with Gasteiger partial charge in [-0.1, -0.05) is 15.9 Å². The summed E-state index contributed by atoms with van der Waals surface area (Å²) in [5.74, 6) is 1.45. The molecule has 0 aromatic heterocycles. The van der Waals surface area contributed by atoms with E-state index in [0.29, 0.717) is 17.9 Å². The van der Waals surface area contributed by atoms with Gasteiger partial charge in [-0.2, -0.15) is 0 Å². The van der Waals surface area contributed by atoms with Crippen LogP contribution in [-0.2, 0) is 0 Å².